The fraction of sp³-hybridized carbons (Fsp3) is 0.800. The van der Waals surface area contributed by atoms with E-state index in [-0.39, 0.29) is 11.9 Å². The highest BCUT2D eigenvalue weighted by Crippen LogP contribution is 2.11. The van der Waals surface area contributed by atoms with Gasteiger partial charge in [-0.2, -0.15) is 5.10 Å². The van der Waals surface area contributed by atoms with Gasteiger partial charge in [-0.3, -0.25) is 9.89 Å². The number of carbonyl (C=O) groups excluding carboxylic acids is 1. The smallest absolute Gasteiger partial charge is 0.221 e. The van der Waals surface area contributed by atoms with Gasteiger partial charge in [-0.1, -0.05) is 19.3 Å². The summed E-state index contributed by atoms with van der Waals surface area (Å²) in [6.45, 7) is 6.88. The summed E-state index contributed by atoms with van der Waals surface area (Å²) in [5.41, 5.74) is 0. The van der Waals surface area contributed by atoms with Crippen molar-refractivity contribution in [3.05, 3.63) is 11.6 Å². The van der Waals surface area contributed by atoms with Gasteiger partial charge in [-0.25, -0.2) is 4.98 Å². The lowest BCUT2D eigenvalue weighted by atomic mass is 10.1. The Morgan fingerprint density at radius 3 is 2.57 bits per heavy atom. The van der Waals surface area contributed by atoms with Crippen molar-refractivity contribution in [3.63, 3.8) is 0 Å². The van der Waals surface area contributed by atoms with E-state index in [4.69, 9.17) is 0 Å². The third-order valence-corrected chi connectivity index (χ3v) is 3.98. The van der Waals surface area contributed by atoms with Gasteiger partial charge in [-0.15, -0.1) is 0 Å². The van der Waals surface area contributed by atoms with Crippen LogP contribution in [0, 0.1) is 6.92 Å². The van der Waals surface area contributed by atoms with Crippen LogP contribution in [0.4, 0.5) is 0 Å². The molecule has 0 bridgehead atoms. The van der Waals surface area contributed by atoms with Crippen LogP contribution in [-0.2, 0) is 4.79 Å². The molecule has 0 unspecified atom stereocenters. The lowest BCUT2D eigenvalue weighted by Gasteiger charge is -2.24. The molecule has 1 aliphatic rings. The molecule has 1 amide bonds. The molecule has 118 valence electrons. The molecule has 1 atom stereocenters. The van der Waals surface area contributed by atoms with Crippen molar-refractivity contribution in [3.8, 4) is 0 Å². The van der Waals surface area contributed by atoms with Crippen LogP contribution in [0.1, 0.15) is 63.1 Å². The summed E-state index contributed by atoms with van der Waals surface area (Å²) in [7, 11) is 0. The molecule has 1 aliphatic heterocycles. The molecule has 2 heterocycles. The number of H-pyrrole nitrogens is 1. The number of rotatable bonds is 5. The summed E-state index contributed by atoms with van der Waals surface area (Å²) < 4.78 is 0. The van der Waals surface area contributed by atoms with Gasteiger partial charge < -0.3 is 10.2 Å². The Kier molecular flexibility index (Phi) is 6.17. The average molecular weight is 293 g/mol. The van der Waals surface area contributed by atoms with Gasteiger partial charge in [0.2, 0.25) is 5.91 Å². The summed E-state index contributed by atoms with van der Waals surface area (Å²) in [5.74, 6) is 1.49. The van der Waals surface area contributed by atoms with E-state index in [0.717, 1.165) is 25.5 Å². The highest BCUT2D eigenvalue weighted by Gasteiger charge is 2.15. The van der Waals surface area contributed by atoms with E-state index < -0.39 is 0 Å². The molecular formula is C15H27N5O. The SMILES string of the molecule is Cc1nc([C@@H](C)NC(=O)CCN2CCCCCCC2)n[nH]1. The van der Waals surface area contributed by atoms with Gasteiger partial charge in [0.1, 0.15) is 5.82 Å². The maximum Gasteiger partial charge on any atom is 0.221 e. The Labute approximate surface area is 126 Å². The third-order valence-electron chi connectivity index (χ3n) is 3.98. The Balaban J connectivity index is 1.71. The van der Waals surface area contributed by atoms with E-state index in [9.17, 15) is 4.79 Å². The number of likely N-dealkylation sites (tertiary alicyclic amines) is 1. The molecule has 6 heteroatoms. The Hall–Kier alpha value is -1.43. The molecular weight excluding hydrogens is 266 g/mol. The predicted octanol–water partition coefficient (Wildman–Crippen LogP) is 1.95. The average Bonchev–Trinajstić information content (AvgIpc) is 2.84. The maximum atomic E-state index is 12.0. The van der Waals surface area contributed by atoms with Crippen LogP contribution in [-0.4, -0.2) is 45.6 Å². The second-order valence-corrected chi connectivity index (χ2v) is 5.93. The van der Waals surface area contributed by atoms with Crippen LogP contribution >= 0.6 is 0 Å². The van der Waals surface area contributed by atoms with Gasteiger partial charge >= 0.3 is 0 Å². The van der Waals surface area contributed by atoms with Gasteiger partial charge in [0.05, 0.1) is 6.04 Å². The zero-order valence-electron chi connectivity index (χ0n) is 13.2. The van der Waals surface area contributed by atoms with Gasteiger partial charge in [0, 0.05) is 13.0 Å². The van der Waals surface area contributed by atoms with Gasteiger partial charge in [0.25, 0.3) is 0 Å². The van der Waals surface area contributed by atoms with E-state index in [2.05, 4.69) is 25.4 Å². The van der Waals surface area contributed by atoms with Crippen LogP contribution in [0.5, 0.6) is 0 Å². The maximum absolute atomic E-state index is 12.0. The van der Waals surface area contributed by atoms with Crippen molar-refractivity contribution in [2.24, 2.45) is 0 Å². The van der Waals surface area contributed by atoms with Crippen molar-refractivity contribution >= 4 is 5.91 Å². The second kappa shape index (κ2) is 8.12. The summed E-state index contributed by atoms with van der Waals surface area (Å²) in [5, 5.41) is 9.85. The number of aromatic nitrogens is 3. The third kappa shape index (κ3) is 5.46. The number of carbonyl (C=O) groups is 1. The predicted molar refractivity (Wildman–Crippen MR) is 81.8 cm³/mol. The van der Waals surface area contributed by atoms with E-state index in [1.807, 2.05) is 13.8 Å². The quantitative estimate of drug-likeness (QED) is 0.870. The number of nitrogens with one attached hydrogen (secondary N) is 2. The lowest BCUT2D eigenvalue weighted by Crippen LogP contribution is -2.34. The van der Waals surface area contributed by atoms with E-state index >= 15 is 0 Å². The summed E-state index contributed by atoms with van der Waals surface area (Å²) in [4.78, 5) is 18.7. The molecule has 1 fully saturated rings. The van der Waals surface area contributed by atoms with Crippen molar-refractivity contribution in [2.45, 2.75) is 58.4 Å². The molecule has 2 N–H and O–H groups in total. The normalized spacial score (nSPS) is 18.8. The summed E-state index contributed by atoms with van der Waals surface area (Å²) in [6, 6.07) is -0.144. The molecule has 0 aliphatic carbocycles. The highest BCUT2D eigenvalue weighted by atomic mass is 16.1. The molecule has 0 radical (unpaired) electrons. The van der Waals surface area contributed by atoms with E-state index in [1.165, 1.54) is 32.1 Å². The molecule has 0 spiro atoms. The largest absolute Gasteiger partial charge is 0.346 e. The Bertz CT molecular complexity index is 437. The molecule has 1 aromatic heterocycles. The van der Waals surface area contributed by atoms with Gasteiger partial charge in [-0.05, 0) is 39.8 Å². The molecule has 0 saturated carbocycles. The highest BCUT2D eigenvalue weighted by molar-refractivity contribution is 5.76. The van der Waals surface area contributed by atoms with Gasteiger partial charge in [0.15, 0.2) is 5.82 Å². The first kappa shape index (κ1) is 15.9. The minimum atomic E-state index is -0.144. The number of hydrogen-bond donors (Lipinski definition) is 2. The molecule has 21 heavy (non-hydrogen) atoms. The molecule has 2 rings (SSSR count). The van der Waals surface area contributed by atoms with Crippen LogP contribution in [0.2, 0.25) is 0 Å². The molecule has 6 nitrogen and oxygen atoms in total. The van der Waals surface area contributed by atoms with Crippen molar-refractivity contribution in [1.29, 1.82) is 0 Å². The van der Waals surface area contributed by atoms with Crippen LogP contribution < -0.4 is 5.32 Å². The molecule has 1 aromatic rings. The minimum Gasteiger partial charge on any atom is -0.346 e. The van der Waals surface area contributed by atoms with Crippen LogP contribution in [0.15, 0.2) is 0 Å². The first-order chi connectivity index (χ1) is 10.1. The summed E-state index contributed by atoms with van der Waals surface area (Å²) >= 11 is 0. The molecule has 1 saturated heterocycles. The standard InChI is InChI=1S/C15H27N5O/c1-12(15-17-13(2)18-19-15)16-14(21)8-11-20-9-6-4-3-5-7-10-20/h12H,3-11H2,1-2H3,(H,16,21)(H,17,18,19)/t12-/m1/s1. The van der Waals surface area contributed by atoms with Crippen LogP contribution in [0.25, 0.3) is 0 Å². The topological polar surface area (TPSA) is 73.9 Å². The van der Waals surface area contributed by atoms with Crippen molar-refractivity contribution < 1.29 is 4.79 Å². The lowest BCUT2D eigenvalue weighted by molar-refractivity contribution is -0.122. The zero-order chi connectivity index (χ0) is 15.1. The minimum absolute atomic E-state index is 0.0759. The summed E-state index contributed by atoms with van der Waals surface area (Å²) in [6.07, 6.45) is 7.08. The molecule has 0 aromatic carbocycles. The van der Waals surface area contributed by atoms with E-state index in [1.54, 1.807) is 0 Å². The number of hydrogen-bond acceptors (Lipinski definition) is 4. The first-order valence-corrected chi connectivity index (χ1v) is 8.06. The second-order valence-electron chi connectivity index (χ2n) is 5.93. The van der Waals surface area contributed by atoms with Crippen molar-refractivity contribution in [1.82, 2.24) is 25.4 Å². The Morgan fingerprint density at radius 1 is 1.29 bits per heavy atom. The number of nitrogens with zero attached hydrogens (tertiary/aromatic N) is 3. The fourth-order valence-corrected chi connectivity index (χ4v) is 2.73. The number of amides is 1. The van der Waals surface area contributed by atoms with Crippen LogP contribution in [0.3, 0.4) is 0 Å². The Morgan fingerprint density at radius 2 is 1.95 bits per heavy atom. The number of aromatic amines is 1. The van der Waals surface area contributed by atoms with Crippen molar-refractivity contribution in [2.75, 3.05) is 19.6 Å². The number of aryl methyl sites for hydroxylation is 1. The first-order valence-electron chi connectivity index (χ1n) is 8.06. The fourth-order valence-electron chi connectivity index (χ4n) is 2.73. The monoisotopic (exact) mass is 293 g/mol. The zero-order valence-corrected chi connectivity index (χ0v) is 13.2. The van der Waals surface area contributed by atoms with E-state index in [0.29, 0.717) is 12.2 Å².